The monoisotopic (exact) mass is 384 g/mol. The van der Waals surface area contributed by atoms with Crippen LogP contribution in [0.15, 0.2) is 24.3 Å². The molecular weight excluding hydrogens is 364 g/mol. The fraction of sp³-hybridized carbons (Fsp3) is 0.421. The number of amides is 4. The molecule has 1 aliphatic carbocycles. The number of urea groups is 1. The first-order chi connectivity index (χ1) is 13.2. The van der Waals surface area contributed by atoms with Crippen LogP contribution in [0.25, 0.3) is 0 Å². The summed E-state index contributed by atoms with van der Waals surface area (Å²) in [5.41, 5.74) is -0.0823. The van der Waals surface area contributed by atoms with Gasteiger partial charge in [-0.15, -0.1) is 0 Å². The molecule has 0 bridgehead atoms. The van der Waals surface area contributed by atoms with Crippen LogP contribution in [-0.2, 0) is 19.1 Å². The normalized spacial score (nSPS) is 22.2. The van der Waals surface area contributed by atoms with Gasteiger partial charge in [0.25, 0.3) is 11.8 Å². The first-order valence-corrected chi connectivity index (χ1v) is 8.89. The second kappa shape index (κ2) is 7.31. The summed E-state index contributed by atoms with van der Waals surface area (Å²) in [5.74, 6) is -1.79. The van der Waals surface area contributed by atoms with Gasteiger partial charge in [0.2, 0.25) is 0 Å². The molecule has 146 valence electrons. The first kappa shape index (κ1) is 19.4. The van der Waals surface area contributed by atoms with Crippen LogP contribution in [0.2, 0.25) is 0 Å². The van der Waals surface area contributed by atoms with Gasteiger partial charge >= 0.3 is 12.0 Å². The van der Waals surface area contributed by atoms with Crippen molar-refractivity contribution >= 4 is 29.5 Å². The summed E-state index contributed by atoms with van der Waals surface area (Å²) in [4.78, 5) is 49.7. The van der Waals surface area contributed by atoms with Gasteiger partial charge in [0.15, 0.2) is 6.10 Å². The highest BCUT2D eigenvalue weighted by molar-refractivity contribution is 6.09. The Bertz CT molecular complexity index is 871. The number of hydrogen-bond acceptors (Lipinski definition) is 6. The van der Waals surface area contributed by atoms with E-state index in [4.69, 9.17) is 10.00 Å². The van der Waals surface area contributed by atoms with Crippen LogP contribution in [0.1, 0.15) is 32.3 Å². The number of anilines is 1. The molecule has 1 saturated heterocycles. The largest absolute Gasteiger partial charge is 0.451 e. The minimum Gasteiger partial charge on any atom is -0.451 e. The third kappa shape index (κ3) is 3.81. The Labute approximate surface area is 161 Å². The zero-order valence-corrected chi connectivity index (χ0v) is 15.5. The molecule has 9 nitrogen and oxygen atoms in total. The van der Waals surface area contributed by atoms with Gasteiger partial charge in [0.05, 0.1) is 11.6 Å². The Morgan fingerprint density at radius 1 is 1.36 bits per heavy atom. The van der Waals surface area contributed by atoms with Gasteiger partial charge in [0.1, 0.15) is 12.1 Å². The van der Waals surface area contributed by atoms with E-state index < -0.39 is 42.0 Å². The minimum absolute atomic E-state index is 0.0853. The van der Waals surface area contributed by atoms with E-state index in [0.29, 0.717) is 11.3 Å². The molecule has 1 aliphatic heterocycles. The molecule has 0 spiro atoms. The smallest absolute Gasteiger partial charge is 0.327 e. The Morgan fingerprint density at radius 2 is 2.00 bits per heavy atom. The molecule has 4 amide bonds. The molecule has 2 aliphatic rings. The van der Waals surface area contributed by atoms with E-state index in [9.17, 15) is 19.2 Å². The van der Waals surface area contributed by atoms with Crippen molar-refractivity contribution in [2.24, 2.45) is 5.92 Å². The van der Waals surface area contributed by atoms with Crippen molar-refractivity contribution in [1.29, 1.82) is 5.26 Å². The number of ether oxygens (including phenoxy) is 1. The Morgan fingerprint density at radius 3 is 2.57 bits per heavy atom. The van der Waals surface area contributed by atoms with E-state index in [1.165, 1.54) is 6.92 Å². The zero-order valence-electron chi connectivity index (χ0n) is 15.5. The molecule has 1 aromatic rings. The lowest BCUT2D eigenvalue weighted by molar-refractivity contribution is -0.155. The van der Waals surface area contributed by atoms with Crippen molar-refractivity contribution in [2.45, 2.75) is 38.3 Å². The van der Waals surface area contributed by atoms with Crippen LogP contribution in [0.5, 0.6) is 0 Å². The van der Waals surface area contributed by atoms with Gasteiger partial charge in [-0.05, 0) is 56.9 Å². The molecule has 9 heteroatoms. The molecular formula is C19H20N4O5. The van der Waals surface area contributed by atoms with Crippen LogP contribution in [0, 0.1) is 17.2 Å². The van der Waals surface area contributed by atoms with Crippen LogP contribution >= 0.6 is 0 Å². The molecule has 2 atom stereocenters. The molecule has 1 saturated carbocycles. The number of carbonyl (C=O) groups is 4. The van der Waals surface area contributed by atoms with Gasteiger partial charge < -0.3 is 15.4 Å². The molecule has 1 aromatic carbocycles. The maximum absolute atomic E-state index is 12.5. The molecule has 0 unspecified atom stereocenters. The summed E-state index contributed by atoms with van der Waals surface area (Å²) in [6.45, 7) is 2.49. The number of nitrogens with zero attached hydrogens (tertiary/aromatic N) is 2. The molecule has 2 N–H and O–H groups in total. The van der Waals surface area contributed by atoms with Crippen LogP contribution in [-0.4, -0.2) is 46.9 Å². The zero-order chi connectivity index (χ0) is 20.5. The SMILES string of the molecule is C[C@H](OC(=O)CN1C(=O)N[C@](C)(C2CC2)C1=O)C(=O)Nc1ccc(C#N)cc1. The van der Waals surface area contributed by atoms with Crippen LogP contribution in [0.4, 0.5) is 10.5 Å². The van der Waals surface area contributed by atoms with Crippen molar-refractivity contribution < 1.29 is 23.9 Å². The highest BCUT2D eigenvalue weighted by Gasteiger charge is 2.56. The molecule has 0 aromatic heterocycles. The fourth-order valence-electron chi connectivity index (χ4n) is 3.09. The number of hydrogen-bond donors (Lipinski definition) is 2. The third-order valence-electron chi connectivity index (χ3n) is 4.94. The van der Waals surface area contributed by atoms with Gasteiger partial charge in [-0.1, -0.05) is 0 Å². The summed E-state index contributed by atoms with van der Waals surface area (Å²) < 4.78 is 5.05. The maximum Gasteiger partial charge on any atom is 0.327 e. The highest BCUT2D eigenvalue weighted by atomic mass is 16.5. The lowest BCUT2D eigenvalue weighted by Crippen LogP contribution is -2.46. The molecule has 3 rings (SSSR count). The predicted molar refractivity (Wildman–Crippen MR) is 96.7 cm³/mol. The Balaban J connectivity index is 1.53. The van der Waals surface area contributed by atoms with Crippen molar-refractivity contribution in [3.05, 3.63) is 29.8 Å². The second-order valence-electron chi connectivity index (χ2n) is 7.11. The lowest BCUT2D eigenvalue weighted by Gasteiger charge is -2.21. The number of benzene rings is 1. The minimum atomic E-state index is -1.13. The van der Waals surface area contributed by atoms with E-state index in [0.717, 1.165) is 17.7 Å². The second-order valence-corrected chi connectivity index (χ2v) is 7.11. The van der Waals surface area contributed by atoms with E-state index >= 15 is 0 Å². The Kier molecular flexibility index (Phi) is 5.05. The number of imide groups is 1. The lowest BCUT2D eigenvalue weighted by atomic mass is 9.96. The summed E-state index contributed by atoms with van der Waals surface area (Å²) in [6.07, 6.45) is 0.583. The van der Waals surface area contributed by atoms with E-state index in [1.807, 2.05) is 6.07 Å². The van der Waals surface area contributed by atoms with Crippen molar-refractivity contribution in [3.8, 4) is 6.07 Å². The predicted octanol–water partition coefficient (Wildman–Crippen LogP) is 1.15. The Hall–Kier alpha value is -3.41. The molecule has 0 radical (unpaired) electrons. The number of rotatable bonds is 6. The summed E-state index contributed by atoms with van der Waals surface area (Å²) >= 11 is 0. The molecule has 28 heavy (non-hydrogen) atoms. The van der Waals surface area contributed by atoms with Gasteiger partial charge in [0, 0.05) is 5.69 Å². The first-order valence-electron chi connectivity index (χ1n) is 8.89. The average Bonchev–Trinajstić information content (AvgIpc) is 3.48. The van der Waals surface area contributed by atoms with Crippen LogP contribution < -0.4 is 10.6 Å². The van der Waals surface area contributed by atoms with Crippen LogP contribution in [0.3, 0.4) is 0 Å². The highest BCUT2D eigenvalue weighted by Crippen LogP contribution is 2.42. The van der Waals surface area contributed by atoms with Gasteiger partial charge in [-0.3, -0.25) is 19.3 Å². The standard InChI is InChI=1S/C19H20N4O5/c1-11(16(25)21-14-7-3-12(9-20)4-8-14)28-15(24)10-23-17(26)19(2,13-5-6-13)22-18(23)27/h3-4,7-8,11,13H,5-6,10H2,1-2H3,(H,21,25)(H,22,27)/t11-,19+/m0/s1. The third-order valence-corrected chi connectivity index (χ3v) is 4.94. The fourth-order valence-corrected chi connectivity index (χ4v) is 3.09. The van der Waals surface area contributed by atoms with E-state index in [-0.39, 0.29) is 5.92 Å². The van der Waals surface area contributed by atoms with E-state index in [1.54, 1.807) is 31.2 Å². The number of esters is 1. The number of carbonyl (C=O) groups excluding carboxylic acids is 4. The summed E-state index contributed by atoms with van der Waals surface area (Å²) in [7, 11) is 0. The molecule has 1 heterocycles. The topological polar surface area (TPSA) is 129 Å². The van der Waals surface area contributed by atoms with Crippen molar-refractivity contribution in [3.63, 3.8) is 0 Å². The number of nitriles is 1. The van der Waals surface area contributed by atoms with Crippen molar-refractivity contribution in [2.75, 3.05) is 11.9 Å². The van der Waals surface area contributed by atoms with Crippen molar-refractivity contribution in [1.82, 2.24) is 10.2 Å². The van der Waals surface area contributed by atoms with E-state index in [2.05, 4.69) is 10.6 Å². The number of nitrogens with one attached hydrogen (secondary N) is 2. The maximum atomic E-state index is 12.5. The molecule has 2 fully saturated rings. The quantitative estimate of drug-likeness (QED) is 0.559. The van der Waals surface area contributed by atoms with Gasteiger partial charge in [-0.25, -0.2) is 4.79 Å². The summed E-state index contributed by atoms with van der Waals surface area (Å²) in [6, 6.07) is 7.52. The summed E-state index contributed by atoms with van der Waals surface area (Å²) in [5, 5.41) is 14.0. The average molecular weight is 384 g/mol. The van der Waals surface area contributed by atoms with Gasteiger partial charge in [-0.2, -0.15) is 5.26 Å².